The van der Waals surface area contributed by atoms with Gasteiger partial charge in [-0.25, -0.2) is 4.79 Å². The first-order chi connectivity index (χ1) is 8.03. The molecule has 1 aliphatic rings. The van der Waals surface area contributed by atoms with Crippen molar-refractivity contribution in [2.45, 2.75) is 25.7 Å². The van der Waals surface area contributed by atoms with Gasteiger partial charge in [0.25, 0.3) is 0 Å². The highest BCUT2D eigenvalue weighted by atomic mass is 16.7. The zero-order valence-corrected chi connectivity index (χ0v) is 10.0. The Kier molecular flexibility index (Phi) is 4.95. The quantitative estimate of drug-likeness (QED) is 0.320. The fourth-order valence-electron chi connectivity index (χ4n) is 1.31. The number of rotatable bonds is 4. The monoisotopic (exact) mass is 236 g/mol. The average molecular weight is 236 g/mol. The SMILES string of the molecule is C#C/C=C\C=C\C(=O)OC[C@H]1COC(C)(C)O1. The number of esters is 1. The average Bonchev–Trinajstić information content (AvgIpc) is 2.62. The lowest BCUT2D eigenvalue weighted by Gasteiger charge is -2.16. The van der Waals surface area contributed by atoms with Crippen LogP contribution >= 0.6 is 0 Å². The first kappa shape index (κ1) is 13.5. The molecule has 0 bridgehead atoms. The molecule has 0 radical (unpaired) electrons. The number of carbonyl (C=O) groups excluding carboxylic acids is 1. The summed E-state index contributed by atoms with van der Waals surface area (Å²) in [6, 6.07) is 0. The summed E-state index contributed by atoms with van der Waals surface area (Å²) in [5.41, 5.74) is 0. The molecule has 0 saturated carbocycles. The third-order valence-corrected chi connectivity index (χ3v) is 2.01. The van der Waals surface area contributed by atoms with Crippen molar-refractivity contribution in [2.24, 2.45) is 0 Å². The smallest absolute Gasteiger partial charge is 0.330 e. The van der Waals surface area contributed by atoms with Crippen LogP contribution < -0.4 is 0 Å². The molecule has 1 atom stereocenters. The molecule has 0 aromatic heterocycles. The molecule has 17 heavy (non-hydrogen) atoms. The van der Waals surface area contributed by atoms with Crippen molar-refractivity contribution in [3.63, 3.8) is 0 Å². The normalized spacial score (nSPS) is 23.0. The summed E-state index contributed by atoms with van der Waals surface area (Å²) in [5.74, 6) is 1.28. The molecular formula is C13H16O4. The summed E-state index contributed by atoms with van der Waals surface area (Å²) in [7, 11) is 0. The van der Waals surface area contributed by atoms with Crippen molar-refractivity contribution < 1.29 is 19.0 Å². The highest BCUT2D eigenvalue weighted by Gasteiger charge is 2.33. The zero-order valence-electron chi connectivity index (χ0n) is 10.0. The van der Waals surface area contributed by atoms with E-state index in [9.17, 15) is 4.79 Å². The fourth-order valence-corrected chi connectivity index (χ4v) is 1.31. The lowest BCUT2D eigenvalue weighted by atomic mass is 10.4. The van der Waals surface area contributed by atoms with Gasteiger partial charge in [0.2, 0.25) is 0 Å². The van der Waals surface area contributed by atoms with E-state index in [1.807, 2.05) is 13.8 Å². The zero-order chi connectivity index (χ0) is 12.7. The number of ether oxygens (including phenoxy) is 3. The van der Waals surface area contributed by atoms with Crippen LogP contribution in [0.5, 0.6) is 0 Å². The minimum absolute atomic E-state index is 0.186. The van der Waals surface area contributed by atoms with Crippen LogP contribution in [0.2, 0.25) is 0 Å². The van der Waals surface area contributed by atoms with E-state index >= 15 is 0 Å². The maximum Gasteiger partial charge on any atom is 0.330 e. The Hall–Kier alpha value is -1.57. The van der Waals surface area contributed by atoms with Gasteiger partial charge in [-0.2, -0.15) is 0 Å². The number of carbonyl (C=O) groups is 1. The maximum absolute atomic E-state index is 11.2. The van der Waals surface area contributed by atoms with Gasteiger partial charge in [0.05, 0.1) is 6.61 Å². The molecule has 1 aliphatic heterocycles. The molecule has 0 aliphatic carbocycles. The van der Waals surface area contributed by atoms with Crippen molar-refractivity contribution in [2.75, 3.05) is 13.2 Å². The Morgan fingerprint density at radius 2 is 2.35 bits per heavy atom. The van der Waals surface area contributed by atoms with Crippen LogP contribution in [0.1, 0.15) is 13.8 Å². The Balaban J connectivity index is 2.23. The van der Waals surface area contributed by atoms with Crippen LogP contribution in [0, 0.1) is 12.3 Å². The van der Waals surface area contributed by atoms with Crippen molar-refractivity contribution in [1.82, 2.24) is 0 Å². The highest BCUT2D eigenvalue weighted by molar-refractivity contribution is 5.82. The largest absolute Gasteiger partial charge is 0.460 e. The second-order valence-electron chi connectivity index (χ2n) is 3.97. The third kappa shape index (κ3) is 5.34. The van der Waals surface area contributed by atoms with Crippen LogP contribution in [-0.4, -0.2) is 31.1 Å². The minimum atomic E-state index is -0.595. The summed E-state index contributed by atoms with van der Waals surface area (Å²) in [6.45, 7) is 4.26. The standard InChI is InChI=1S/C13H16O4/c1-4-5-6-7-8-12(14)15-9-11-10-16-13(2,3)17-11/h1,5-8,11H,9-10H2,2-3H3/b6-5-,8-7+/t11-/m0/s1. The van der Waals surface area contributed by atoms with E-state index in [1.165, 1.54) is 18.2 Å². The van der Waals surface area contributed by atoms with Crippen molar-refractivity contribution in [3.8, 4) is 12.3 Å². The summed E-state index contributed by atoms with van der Waals surface area (Å²) in [6.07, 6.45) is 10.7. The van der Waals surface area contributed by atoms with Crippen molar-refractivity contribution in [3.05, 3.63) is 24.3 Å². The first-order valence-electron chi connectivity index (χ1n) is 5.31. The summed E-state index contributed by atoms with van der Waals surface area (Å²) >= 11 is 0. The van der Waals surface area contributed by atoms with Crippen molar-refractivity contribution >= 4 is 5.97 Å². The number of allylic oxidation sites excluding steroid dienone is 3. The van der Waals surface area contributed by atoms with Crippen LogP contribution in [0.25, 0.3) is 0 Å². The van der Waals surface area contributed by atoms with E-state index in [2.05, 4.69) is 5.92 Å². The van der Waals surface area contributed by atoms with Crippen LogP contribution in [-0.2, 0) is 19.0 Å². The lowest BCUT2D eigenvalue weighted by Crippen LogP contribution is -2.24. The molecule has 0 unspecified atom stereocenters. The van der Waals surface area contributed by atoms with E-state index in [0.29, 0.717) is 6.61 Å². The van der Waals surface area contributed by atoms with E-state index in [1.54, 1.807) is 6.08 Å². The van der Waals surface area contributed by atoms with E-state index in [-0.39, 0.29) is 12.7 Å². The second kappa shape index (κ2) is 6.24. The Morgan fingerprint density at radius 3 is 2.94 bits per heavy atom. The molecule has 1 heterocycles. The van der Waals surface area contributed by atoms with E-state index in [4.69, 9.17) is 20.6 Å². The predicted octanol–water partition coefficient (Wildman–Crippen LogP) is 1.43. The molecule has 0 amide bonds. The lowest BCUT2D eigenvalue weighted by molar-refractivity contribution is -0.154. The van der Waals surface area contributed by atoms with Gasteiger partial charge in [0, 0.05) is 6.08 Å². The molecule has 0 aromatic carbocycles. The molecular weight excluding hydrogens is 220 g/mol. The van der Waals surface area contributed by atoms with Gasteiger partial charge >= 0.3 is 5.97 Å². The maximum atomic E-state index is 11.2. The number of hydrogen-bond acceptors (Lipinski definition) is 4. The summed E-state index contributed by atoms with van der Waals surface area (Å²) in [4.78, 5) is 11.2. The van der Waals surface area contributed by atoms with E-state index in [0.717, 1.165) is 0 Å². The molecule has 0 spiro atoms. The van der Waals surface area contributed by atoms with E-state index < -0.39 is 11.8 Å². The highest BCUT2D eigenvalue weighted by Crippen LogP contribution is 2.22. The van der Waals surface area contributed by atoms with Gasteiger partial charge < -0.3 is 14.2 Å². The van der Waals surface area contributed by atoms with Gasteiger partial charge in [-0.3, -0.25) is 0 Å². The Labute approximate surface area is 101 Å². The van der Waals surface area contributed by atoms with Crippen LogP contribution in [0.3, 0.4) is 0 Å². The number of hydrogen-bond donors (Lipinski definition) is 0. The first-order valence-corrected chi connectivity index (χ1v) is 5.31. The van der Waals surface area contributed by atoms with Crippen LogP contribution in [0.4, 0.5) is 0 Å². The van der Waals surface area contributed by atoms with Crippen molar-refractivity contribution in [1.29, 1.82) is 0 Å². The van der Waals surface area contributed by atoms with Gasteiger partial charge in [-0.15, -0.1) is 6.42 Å². The topological polar surface area (TPSA) is 44.8 Å². The summed E-state index contributed by atoms with van der Waals surface area (Å²) < 4.78 is 15.8. The third-order valence-electron chi connectivity index (χ3n) is 2.01. The predicted molar refractivity (Wildman–Crippen MR) is 63.0 cm³/mol. The number of terminal acetylenes is 1. The molecule has 0 N–H and O–H groups in total. The van der Waals surface area contributed by atoms with Gasteiger partial charge in [-0.05, 0) is 19.9 Å². The minimum Gasteiger partial charge on any atom is -0.460 e. The molecule has 92 valence electrons. The molecule has 1 saturated heterocycles. The summed E-state index contributed by atoms with van der Waals surface area (Å²) in [5, 5.41) is 0. The fraction of sp³-hybridized carbons (Fsp3) is 0.462. The van der Waals surface area contributed by atoms with Gasteiger partial charge in [-0.1, -0.05) is 18.1 Å². The molecule has 4 heteroatoms. The molecule has 4 nitrogen and oxygen atoms in total. The Bertz CT molecular complexity index is 360. The van der Waals surface area contributed by atoms with Gasteiger partial charge in [0.1, 0.15) is 12.7 Å². The molecule has 0 aromatic rings. The molecule has 1 fully saturated rings. The Morgan fingerprint density at radius 1 is 1.59 bits per heavy atom. The second-order valence-corrected chi connectivity index (χ2v) is 3.97. The molecule has 1 rings (SSSR count). The van der Waals surface area contributed by atoms with Gasteiger partial charge in [0.15, 0.2) is 5.79 Å². The van der Waals surface area contributed by atoms with Crippen LogP contribution in [0.15, 0.2) is 24.3 Å².